The van der Waals surface area contributed by atoms with Crippen molar-refractivity contribution < 1.29 is 49.4 Å². The summed E-state index contributed by atoms with van der Waals surface area (Å²) in [5, 5.41) is -0.272. The second-order valence-corrected chi connectivity index (χ2v) is 8.63. The molecule has 0 bridgehead atoms. The van der Waals surface area contributed by atoms with Gasteiger partial charge in [-0.25, -0.2) is 18.6 Å². The van der Waals surface area contributed by atoms with E-state index in [4.69, 9.17) is 39.5 Å². The van der Waals surface area contributed by atoms with Crippen LogP contribution >= 0.6 is 34.8 Å². The van der Waals surface area contributed by atoms with Crippen LogP contribution in [0.5, 0.6) is 11.6 Å². The summed E-state index contributed by atoms with van der Waals surface area (Å²) in [6.07, 6.45) is -9.42. The van der Waals surface area contributed by atoms with Gasteiger partial charge in [-0.15, -0.1) is 0 Å². The van der Waals surface area contributed by atoms with Gasteiger partial charge in [-0.1, -0.05) is 40.9 Å². The van der Waals surface area contributed by atoms with E-state index in [9.17, 15) is 44.7 Å². The Morgan fingerprint density at radius 1 is 0.923 bits per heavy atom. The molecule has 0 saturated carbocycles. The van der Waals surface area contributed by atoms with Crippen molar-refractivity contribution in [3.63, 3.8) is 0 Å². The van der Waals surface area contributed by atoms with E-state index >= 15 is 0 Å². The maximum atomic E-state index is 13.9. The second-order valence-electron chi connectivity index (χ2n) is 7.41. The average Bonchev–Trinajstić information content (AvgIpc) is 2.79. The molecule has 3 rings (SSSR count). The molecule has 6 nitrogen and oxygen atoms in total. The number of alkyl halides is 6. The molecule has 0 saturated heterocycles. The summed E-state index contributed by atoms with van der Waals surface area (Å²) in [5.41, 5.74) is -3.08. The van der Waals surface area contributed by atoms with Crippen LogP contribution in [0.1, 0.15) is 15.9 Å². The van der Waals surface area contributed by atoms with Gasteiger partial charge in [-0.05, 0) is 30.3 Å². The largest absolute Gasteiger partial charge is 0.434 e. The number of pyridine rings is 1. The van der Waals surface area contributed by atoms with Gasteiger partial charge in [0.15, 0.2) is 5.75 Å². The number of aromatic nitrogens is 1. The van der Waals surface area contributed by atoms with Crippen molar-refractivity contribution in [3.05, 3.63) is 80.4 Å². The number of nitrogens with zero attached hydrogens (tertiary/aromatic N) is 2. The Balaban J connectivity index is 1.94. The van der Waals surface area contributed by atoms with Crippen LogP contribution in [0.2, 0.25) is 15.1 Å². The third-order valence-corrected chi connectivity index (χ3v) is 5.45. The number of amides is 3. The van der Waals surface area contributed by atoms with Gasteiger partial charge in [0.1, 0.15) is 28.8 Å². The molecule has 0 unspecified atom stereocenters. The summed E-state index contributed by atoms with van der Waals surface area (Å²) in [6.45, 7) is -2.01. The first-order chi connectivity index (χ1) is 18.0. The van der Waals surface area contributed by atoms with Crippen LogP contribution in [0.4, 0.5) is 45.6 Å². The Morgan fingerprint density at radius 3 is 1.97 bits per heavy atom. The summed E-state index contributed by atoms with van der Waals surface area (Å²) in [5.74, 6) is -5.55. The maximum Gasteiger partial charge on any atom is 0.417 e. The lowest BCUT2D eigenvalue weighted by atomic mass is 10.2. The lowest BCUT2D eigenvalue weighted by Crippen LogP contribution is -2.47. The molecule has 0 spiro atoms. The number of urea groups is 1. The number of ether oxygens (including phenoxy) is 1. The minimum atomic E-state index is -5.05. The average molecular weight is 623 g/mol. The van der Waals surface area contributed by atoms with Gasteiger partial charge in [0.2, 0.25) is 5.88 Å². The third-order valence-electron chi connectivity index (χ3n) is 4.62. The number of halogens is 11. The number of anilines is 1. The molecule has 0 aliphatic carbocycles. The molecule has 39 heavy (non-hydrogen) atoms. The van der Waals surface area contributed by atoms with Crippen LogP contribution in [0.25, 0.3) is 0 Å². The van der Waals surface area contributed by atoms with Crippen LogP contribution in [-0.2, 0) is 6.18 Å². The van der Waals surface area contributed by atoms with E-state index < -0.39 is 86.0 Å². The Kier molecular flexibility index (Phi) is 8.82. The Morgan fingerprint density at radius 2 is 1.49 bits per heavy atom. The van der Waals surface area contributed by atoms with Crippen molar-refractivity contribution in [1.29, 1.82) is 0 Å². The highest BCUT2D eigenvalue weighted by molar-refractivity contribution is 6.38. The molecular formula is C22H10Cl3F8N3O3. The summed E-state index contributed by atoms with van der Waals surface area (Å²) in [7, 11) is 0. The van der Waals surface area contributed by atoms with Crippen LogP contribution < -0.4 is 15.0 Å². The first-order valence-corrected chi connectivity index (χ1v) is 11.1. The minimum Gasteiger partial charge on any atom is -0.434 e. The number of carbonyl (C=O) groups is 2. The zero-order valence-electron chi connectivity index (χ0n) is 18.5. The quantitative estimate of drug-likeness (QED) is 0.293. The summed E-state index contributed by atoms with van der Waals surface area (Å²) < 4.78 is 111. The molecule has 0 aliphatic heterocycles. The van der Waals surface area contributed by atoms with Gasteiger partial charge in [-0.2, -0.15) is 26.3 Å². The monoisotopic (exact) mass is 621 g/mol. The molecule has 2 aromatic carbocycles. The predicted molar refractivity (Wildman–Crippen MR) is 123 cm³/mol. The van der Waals surface area contributed by atoms with E-state index in [0.29, 0.717) is 24.4 Å². The number of benzene rings is 2. The number of hydrogen-bond donors (Lipinski definition) is 1. The topological polar surface area (TPSA) is 71.5 Å². The fraction of sp³-hybridized carbons (Fsp3) is 0.136. The van der Waals surface area contributed by atoms with Gasteiger partial charge in [0, 0.05) is 11.9 Å². The number of carbonyl (C=O) groups excluding carboxylic acids is 2. The standard InChI is InChI=1S/C22H10Cl3F8N3O3/c23-11-5-10(6-12(24)17(11)39-19-13(25)4-9(7-34-19)22(31,32)33)36(8-21(28,29)30)20(38)35-18(37)16-14(26)2-1-3-15(16)27/h1-7H,8H2,(H,35,37,38). The van der Waals surface area contributed by atoms with Crippen LogP contribution in [0.3, 0.4) is 0 Å². The van der Waals surface area contributed by atoms with Crippen molar-refractivity contribution in [2.24, 2.45) is 0 Å². The van der Waals surface area contributed by atoms with E-state index in [1.807, 2.05) is 0 Å². The van der Waals surface area contributed by atoms with Crippen molar-refractivity contribution in [2.45, 2.75) is 12.4 Å². The summed E-state index contributed by atoms with van der Waals surface area (Å²) in [6, 6.07) is 2.50. The molecular weight excluding hydrogens is 613 g/mol. The van der Waals surface area contributed by atoms with Gasteiger partial charge >= 0.3 is 18.4 Å². The highest BCUT2D eigenvalue weighted by Crippen LogP contribution is 2.42. The predicted octanol–water partition coefficient (Wildman–Crippen LogP) is 8.05. The number of rotatable bonds is 5. The van der Waals surface area contributed by atoms with Crippen molar-refractivity contribution in [2.75, 3.05) is 11.4 Å². The van der Waals surface area contributed by atoms with Crippen molar-refractivity contribution in [1.82, 2.24) is 10.3 Å². The van der Waals surface area contributed by atoms with E-state index in [1.165, 1.54) is 5.32 Å². The van der Waals surface area contributed by atoms with Gasteiger partial charge in [-0.3, -0.25) is 15.0 Å². The molecule has 17 heteroatoms. The van der Waals surface area contributed by atoms with Gasteiger partial charge in [0.05, 0.1) is 15.6 Å². The normalized spacial score (nSPS) is 11.8. The number of hydrogen-bond acceptors (Lipinski definition) is 4. The molecule has 1 aromatic heterocycles. The minimum absolute atomic E-state index is 0.0540. The fourth-order valence-electron chi connectivity index (χ4n) is 2.95. The second kappa shape index (κ2) is 11.4. The molecule has 1 N–H and O–H groups in total. The Labute approximate surface area is 228 Å². The van der Waals surface area contributed by atoms with Crippen LogP contribution in [-0.4, -0.2) is 29.6 Å². The molecule has 1 heterocycles. The van der Waals surface area contributed by atoms with E-state index in [2.05, 4.69) is 4.98 Å². The first-order valence-electron chi connectivity index (χ1n) is 10.0. The molecule has 0 atom stereocenters. The summed E-state index contributed by atoms with van der Waals surface area (Å²) >= 11 is 17.8. The van der Waals surface area contributed by atoms with E-state index in [-0.39, 0.29) is 4.90 Å². The van der Waals surface area contributed by atoms with Gasteiger partial charge < -0.3 is 4.74 Å². The SMILES string of the molecule is O=C(NC(=O)N(CC(F)(F)F)c1cc(Cl)c(Oc2ncc(C(F)(F)F)cc2Cl)c(Cl)c1)c1c(F)cccc1F. The van der Waals surface area contributed by atoms with E-state index in [1.54, 1.807) is 0 Å². The first kappa shape index (κ1) is 30.2. The zero-order chi connectivity index (χ0) is 29.3. The smallest absolute Gasteiger partial charge is 0.417 e. The molecule has 0 radical (unpaired) electrons. The van der Waals surface area contributed by atoms with Crippen molar-refractivity contribution in [3.8, 4) is 11.6 Å². The maximum absolute atomic E-state index is 13.9. The zero-order valence-corrected chi connectivity index (χ0v) is 20.8. The fourth-order valence-corrected chi connectivity index (χ4v) is 3.71. The Hall–Kier alpha value is -3.36. The highest BCUT2D eigenvalue weighted by Gasteiger charge is 2.36. The molecule has 3 aromatic rings. The number of nitrogens with one attached hydrogen (secondary N) is 1. The summed E-state index contributed by atoms with van der Waals surface area (Å²) in [4.78, 5) is 28.2. The molecule has 0 fully saturated rings. The molecule has 208 valence electrons. The lowest BCUT2D eigenvalue weighted by Gasteiger charge is -2.25. The van der Waals surface area contributed by atoms with Crippen LogP contribution in [0, 0.1) is 11.6 Å². The highest BCUT2D eigenvalue weighted by atomic mass is 35.5. The molecule has 3 amide bonds. The number of imide groups is 1. The lowest BCUT2D eigenvalue weighted by molar-refractivity contribution is -0.137. The molecule has 0 aliphatic rings. The van der Waals surface area contributed by atoms with Crippen LogP contribution in [0.15, 0.2) is 42.6 Å². The van der Waals surface area contributed by atoms with Gasteiger partial charge in [0.25, 0.3) is 5.91 Å². The third kappa shape index (κ3) is 7.40. The Bertz CT molecular complexity index is 1390. The van der Waals surface area contributed by atoms with Crippen molar-refractivity contribution >= 4 is 52.4 Å². The van der Waals surface area contributed by atoms with E-state index in [0.717, 1.165) is 18.2 Å².